The Bertz CT molecular complexity index is 549. The Balaban J connectivity index is 2.47. The largest absolute Gasteiger partial charge is 0.496 e. The maximum atomic E-state index is 5.41. The van der Waals surface area contributed by atoms with Crippen molar-refractivity contribution in [1.82, 2.24) is 10.3 Å². The summed E-state index contributed by atoms with van der Waals surface area (Å²) in [6.07, 6.45) is 0. The number of aryl methyl sites for hydroxylation is 2. The van der Waals surface area contributed by atoms with Crippen LogP contribution in [0.1, 0.15) is 16.1 Å². The molecule has 0 aliphatic rings. The van der Waals surface area contributed by atoms with Gasteiger partial charge in [0.05, 0.1) is 18.4 Å². The van der Waals surface area contributed by atoms with Crippen LogP contribution < -0.4 is 10.1 Å². The normalized spacial score (nSPS) is 10.7. The summed E-state index contributed by atoms with van der Waals surface area (Å²) in [5.74, 6) is 0.880. The lowest BCUT2D eigenvalue weighted by molar-refractivity contribution is 0.416. The molecule has 0 bridgehead atoms. The summed E-state index contributed by atoms with van der Waals surface area (Å²) in [5, 5.41) is 4.19. The molecule has 1 heterocycles. The second kappa shape index (κ2) is 5.50. The zero-order chi connectivity index (χ0) is 13.1. The predicted octanol–water partition coefficient (Wildman–Crippen LogP) is 3.15. The molecule has 0 amide bonds. The van der Waals surface area contributed by atoms with Crippen LogP contribution in [0.2, 0.25) is 0 Å². The fourth-order valence-electron chi connectivity index (χ4n) is 1.86. The number of nitrogens with zero attached hydrogens (tertiary/aromatic N) is 1. The highest BCUT2D eigenvalue weighted by molar-refractivity contribution is 7.15. The molecule has 1 aromatic carbocycles. The van der Waals surface area contributed by atoms with Crippen LogP contribution in [-0.2, 0) is 6.54 Å². The molecule has 2 aromatic rings. The van der Waals surface area contributed by atoms with Gasteiger partial charge in [0.2, 0.25) is 0 Å². The predicted molar refractivity (Wildman–Crippen MR) is 76.3 cm³/mol. The van der Waals surface area contributed by atoms with Gasteiger partial charge in [0.1, 0.15) is 10.8 Å². The maximum Gasteiger partial charge on any atom is 0.129 e. The summed E-state index contributed by atoms with van der Waals surface area (Å²) in [6.45, 7) is 4.99. The lowest BCUT2D eigenvalue weighted by Gasteiger charge is -2.06. The van der Waals surface area contributed by atoms with Gasteiger partial charge in [0.25, 0.3) is 0 Å². The highest BCUT2D eigenvalue weighted by Gasteiger charge is 2.13. The molecule has 0 radical (unpaired) electrons. The Hall–Kier alpha value is -1.39. The fourth-order valence-corrected chi connectivity index (χ4v) is 2.95. The summed E-state index contributed by atoms with van der Waals surface area (Å²) >= 11 is 1.72. The molecular formula is C14H18N2OS. The number of ether oxygens (including phenoxy) is 1. The summed E-state index contributed by atoms with van der Waals surface area (Å²) in [6, 6.07) is 6.18. The van der Waals surface area contributed by atoms with Crippen LogP contribution in [0.5, 0.6) is 5.75 Å². The number of hydrogen-bond acceptors (Lipinski definition) is 4. The Labute approximate surface area is 112 Å². The first-order chi connectivity index (χ1) is 8.65. The fraction of sp³-hybridized carbons (Fsp3) is 0.357. The van der Waals surface area contributed by atoms with E-state index in [4.69, 9.17) is 4.74 Å². The third-order valence-corrected chi connectivity index (χ3v) is 4.01. The molecule has 0 aliphatic heterocycles. The van der Waals surface area contributed by atoms with Crippen LogP contribution in [0.4, 0.5) is 0 Å². The third kappa shape index (κ3) is 2.54. The van der Waals surface area contributed by atoms with Crippen molar-refractivity contribution in [3.63, 3.8) is 0 Å². The van der Waals surface area contributed by atoms with Crippen LogP contribution in [0, 0.1) is 13.8 Å². The minimum absolute atomic E-state index is 0.859. The molecule has 2 rings (SSSR count). The number of rotatable bonds is 4. The van der Waals surface area contributed by atoms with E-state index in [0.29, 0.717) is 0 Å². The van der Waals surface area contributed by atoms with Crippen LogP contribution in [0.15, 0.2) is 18.2 Å². The van der Waals surface area contributed by atoms with Gasteiger partial charge in [-0.3, -0.25) is 0 Å². The van der Waals surface area contributed by atoms with Crippen LogP contribution >= 0.6 is 11.3 Å². The number of aromatic nitrogens is 1. The summed E-state index contributed by atoms with van der Waals surface area (Å²) in [7, 11) is 3.65. The highest BCUT2D eigenvalue weighted by atomic mass is 32.1. The van der Waals surface area contributed by atoms with Crippen molar-refractivity contribution in [3.05, 3.63) is 34.3 Å². The lowest BCUT2D eigenvalue weighted by atomic mass is 10.1. The van der Waals surface area contributed by atoms with E-state index in [9.17, 15) is 0 Å². The van der Waals surface area contributed by atoms with Gasteiger partial charge in [0.15, 0.2) is 0 Å². The van der Waals surface area contributed by atoms with Crippen molar-refractivity contribution in [3.8, 4) is 16.3 Å². The second-order valence-corrected chi connectivity index (χ2v) is 5.35. The molecule has 0 saturated heterocycles. The van der Waals surface area contributed by atoms with E-state index in [1.807, 2.05) is 13.1 Å². The zero-order valence-corrected chi connectivity index (χ0v) is 12.0. The SMILES string of the molecule is CNCc1sc(-c2cc(C)ccc2OC)nc1C. The molecule has 0 atom stereocenters. The van der Waals surface area contributed by atoms with Crippen molar-refractivity contribution in [1.29, 1.82) is 0 Å². The topological polar surface area (TPSA) is 34.1 Å². The molecule has 3 nitrogen and oxygen atoms in total. The van der Waals surface area contributed by atoms with E-state index in [-0.39, 0.29) is 0 Å². The summed E-state index contributed by atoms with van der Waals surface area (Å²) in [5.41, 5.74) is 3.38. The van der Waals surface area contributed by atoms with Crippen molar-refractivity contribution in [2.75, 3.05) is 14.2 Å². The average molecular weight is 262 g/mol. The highest BCUT2D eigenvalue weighted by Crippen LogP contribution is 2.34. The molecule has 1 N–H and O–H groups in total. The van der Waals surface area contributed by atoms with Gasteiger partial charge in [-0.15, -0.1) is 11.3 Å². The molecule has 0 fully saturated rings. The van der Waals surface area contributed by atoms with Crippen molar-refractivity contribution in [2.24, 2.45) is 0 Å². The van der Waals surface area contributed by atoms with E-state index in [0.717, 1.165) is 28.6 Å². The molecule has 0 aliphatic carbocycles. The first kappa shape index (κ1) is 13.1. The van der Waals surface area contributed by atoms with Gasteiger partial charge in [-0.2, -0.15) is 0 Å². The summed E-state index contributed by atoms with van der Waals surface area (Å²) in [4.78, 5) is 5.92. The molecule has 96 valence electrons. The molecule has 0 unspecified atom stereocenters. The van der Waals surface area contributed by atoms with Crippen molar-refractivity contribution in [2.45, 2.75) is 20.4 Å². The number of nitrogens with one attached hydrogen (secondary N) is 1. The molecule has 4 heteroatoms. The van der Waals surface area contributed by atoms with E-state index in [1.54, 1.807) is 18.4 Å². The Morgan fingerprint density at radius 3 is 2.78 bits per heavy atom. The van der Waals surface area contributed by atoms with Gasteiger partial charge < -0.3 is 10.1 Å². The average Bonchev–Trinajstić information content (AvgIpc) is 2.71. The number of hydrogen-bond donors (Lipinski definition) is 1. The van der Waals surface area contributed by atoms with E-state index in [1.165, 1.54) is 10.4 Å². The van der Waals surface area contributed by atoms with E-state index >= 15 is 0 Å². The van der Waals surface area contributed by atoms with Crippen LogP contribution in [-0.4, -0.2) is 19.1 Å². The second-order valence-electron chi connectivity index (χ2n) is 4.26. The zero-order valence-electron chi connectivity index (χ0n) is 11.2. The summed E-state index contributed by atoms with van der Waals surface area (Å²) < 4.78 is 5.41. The molecule has 1 aromatic heterocycles. The van der Waals surface area contributed by atoms with Gasteiger partial charge in [-0.1, -0.05) is 11.6 Å². The van der Waals surface area contributed by atoms with E-state index < -0.39 is 0 Å². The van der Waals surface area contributed by atoms with Crippen molar-refractivity contribution >= 4 is 11.3 Å². The van der Waals surface area contributed by atoms with E-state index in [2.05, 4.69) is 36.3 Å². The maximum absolute atomic E-state index is 5.41. The van der Waals surface area contributed by atoms with Gasteiger partial charge >= 0.3 is 0 Å². The lowest BCUT2D eigenvalue weighted by Crippen LogP contribution is -2.04. The standard InChI is InChI=1S/C14H18N2OS/c1-9-5-6-12(17-4)11(7-9)14-16-10(2)13(18-14)8-15-3/h5-7,15H,8H2,1-4H3. The Kier molecular flexibility index (Phi) is 3.99. The molecule has 0 saturated carbocycles. The molecule has 0 spiro atoms. The first-order valence-electron chi connectivity index (χ1n) is 5.91. The number of methoxy groups -OCH3 is 1. The van der Waals surface area contributed by atoms with Crippen molar-refractivity contribution < 1.29 is 4.74 Å². The van der Waals surface area contributed by atoms with Crippen LogP contribution in [0.3, 0.4) is 0 Å². The first-order valence-corrected chi connectivity index (χ1v) is 6.73. The number of benzene rings is 1. The third-order valence-electron chi connectivity index (χ3n) is 2.82. The quantitative estimate of drug-likeness (QED) is 0.919. The van der Waals surface area contributed by atoms with Crippen LogP contribution in [0.25, 0.3) is 10.6 Å². The van der Waals surface area contributed by atoms with Gasteiger partial charge in [0, 0.05) is 11.4 Å². The Morgan fingerprint density at radius 1 is 1.33 bits per heavy atom. The smallest absolute Gasteiger partial charge is 0.129 e. The Morgan fingerprint density at radius 2 is 2.11 bits per heavy atom. The minimum atomic E-state index is 0.859. The van der Waals surface area contributed by atoms with Gasteiger partial charge in [-0.05, 0) is 33.0 Å². The number of thiazole rings is 1. The molecule has 18 heavy (non-hydrogen) atoms. The monoisotopic (exact) mass is 262 g/mol. The molecular weight excluding hydrogens is 244 g/mol. The van der Waals surface area contributed by atoms with Gasteiger partial charge in [-0.25, -0.2) is 4.98 Å². The minimum Gasteiger partial charge on any atom is -0.496 e.